The van der Waals surface area contributed by atoms with E-state index in [9.17, 15) is 14.7 Å². The highest BCUT2D eigenvalue weighted by Gasteiger charge is 2.51. The topological polar surface area (TPSA) is 57.6 Å². The highest BCUT2D eigenvalue weighted by Crippen LogP contribution is 2.45. The van der Waals surface area contributed by atoms with E-state index in [1.807, 2.05) is 51.1 Å². The first-order valence-electron chi connectivity index (χ1n) is 10.3. The Bertz CT molecular complexity index is 1230. The molecule has 4 nitrogen and oxygen atoms in total. The van der Waals surface area contributed by atoms with Crippen molar-refractivity contribution in [2.24, 2.45) is 0 Å². The number of ketones is 1. The van der Waals surface area contributed by atoms with Gasteiger partial charge in [0.25, 0.3) is 5.91 Å². The number of fused-ring (bicyclic) bond motifs is 1. The van der Waals surface area contributed by atoms with Crippen LogP contribution < -0.4 is 4.90 Å². The van der Waals surface area contributed by atoms with Gasteiger partial charge in [-0.3, -0.25) is 9.59 Å². The summed E-state index contributed by atoms with van der Waals surface area (Å²) in [5, 5.41) is 12.5. The highest BCUT2D eigenvalue weighted by molar-refractivity contribution is 6.31. The van der Waals surface area contributed by atoms with Crippen LogP contribution in [-0.4, -0.2) is 16.8 Å². The summed E-state index contributed by atoms with van der Waals surface area (Å²) in [6.45, 7) is 5.86. The third-order valence-electron chi connectivity index (χ3n) is 5.95. The number of amides is 1. The Hall–Kier alpha value is -2.66. The first-order valence-corrected chi connectivity index (χ1v) is 11.1. The SMILES string of the molecule is Cc1cc(C)c(C(=O)CC2(O)C(=O)N(Cc3ccccc3Cl)c3ccc(Cl)cc32)c(C)c1. The zero-order chi connectivity index (χ0) is 23.2. The maximum Gasteiger partial charge on any atom is 0.264 e. The Morgan fingerprint density at radius 2 is 1.66 bits per heavy atom. The molecule has 164 valence electrons. The van der Waals surface area contributed by atoms with E-state index in [0.29, 0.717) is 26.9 Å². The van der Waals surface area contributed by atoms with Crippen molar-refractivity contribution >= 4 is 40.6 Å². The lowest BCUT2D eigenvalue weighted by molar-refractivity contribution is -0.136. The molecule has 1 amide bonds. The number of carbonyl (C=O) groups excluding carboxylic acids is 2. The number of aliphatic hydroxyl groups is 1. The van der Waals surface area contributed by atoms with E-state index < -0.39 is 11.5 Å². The van der Waals surface area contributed by atoms with E-state index in [-0.39, 0.29) is 18.7 Å². The summed E-state index contributed by atoms with van der Waals surface area (Å²) in [6.07, 6.45) is -0.372. The molecule has 6 heteroatoms. The van der Waals surface area contributed by atoms with Crippen LogP contribution in [0.4, 0.5) is 5.69 Å². The van der Waals surface area contributed by atoms with E-state index in [4.69, 9.17) is 23.2 Å². The molecular formula is C26H23Cl2NO3. The molecule has 0 bridgehead atoms. The second kappa shape index (κ2) is 8.36. The molecule has 0 radical (unpaired) electrons. The first-order chi connectivity index (χ1) is 15.1. The van der Waals surface area contributed by atoms with Crippen LogP contribution in [0, 0.1) is 20.8 Å². The summed E-state index contributed by atoms with van der Waals surface area (Å²) >= 11 is 12.5. The number of benzene rings is 3. The Morgan fingerprint density at radius 1 is 1.00 bits per heavy atom. The van der Waals surface area contributed by atoms with E-state index in [0.717, 1.165) is 22.3 Å². The minimum Gasteiger partial charge on any atom is -0.375 e. The van der Waals surface area contributed by atoms with Crippen LogP contribution in [0.5, 0.6) is 0 Å². The predicted octanol–water partition coefficient (Wildman–Crippen LogP) is 5.93. The van der Waals surface area contributed by atoms with Crippen LogP contribution in [0.15, 0.2) is 54.6 Å². The number of halogens is 2. The van der Waals surface area contributed by atoms with Crippen molar-refractivity contribution in [2.45, 2.75) is 39.3 Å². The lowest BCUT2D eigenvalue weighted by Gasteiger charge is -2.24. The normalized spacial score (nSPS) is 17.6. The fourth-order valence-electron chi connectivity index (χ4n) is 4.59. The molecule has 1 unspecified atom stereocenters. The summed E-state index contributed by atoms with van der Waals surface area (Å²) in [5.41, 5.74) is 2.80. The van der Waals surface area contributed by atoms with Crippen LogP contribution in [-0.2, 0) is 16.9 Å². The van der Waals surface area contributed by atoms with Gasteiger partial charge in [0.2, 0.25) is 0 Å². The maximum atomic E-state index is 13.5. The van der Waals surface area contributed by atoms with Gasteiger partial charge in [0.05, 0.1) is 18.7 Å². The van der Waals surface area contributed by atoms with Gasteiger partial charge < -0.3 is 10.0 Å². The van der Waals surface area contributed by atoms with E-state index in [1.54, 1.807) is 24.3 Å². The molecule has 0 fully saturated rings. The molecule has 4 rings (SSSR count). The molecular weight excluding hydrogens is 445 g/mol. The summed E-state index contributed by atoms with van der Waals surface area (Å²) in [6, 6.07) is 16.0. The van der Waals surface area contributed by atoms with Gasteiger partial charge in [0, 0.05) is 21.2 Å². The standard InChI is InChI=1S/C26H23Cl2NO3/c1-15-10-16(2)24(17(3)11-15)23(30)13-26(32)20-12-19(27)8-9-22(20)29(25(26)31)14-18-6-4-5-7-21(18)28/h4-12,32H,13-14H2,1-3H3. The molecule has 1 aliphatic rings. The van der Waals surface area contributed by atoms with Crippen molar-refractivity contribution in [3.8, 4) is 0 Å². The second-order valence-electron chi connectivity index (χ2n) is 8.38. The minimum absolute atomic E-state index is 0.173. The molecule has 0 saturated carbocycles. The predicted molar refractivity (Wildman–Crippen MR) is 128 cm³/mol. The van der Waals surface area contributed by atoms with Gasteiger partial charge in [-0.15, -0.1) is 0 Å². The zero-order valence-corrected chi connectivity index (χ0v) is 19.6. The van der Waals surface area contributed by atoms with Crippen LogP contribution in [0.1, 0.15) is 44.6 Å². The molecule has 0 spiro atoms. The molecule has 0 aliphatic carbocycles. The number of nitrogens with zero attached hydrogens (tertiary/aromatic N) is 1. The summed E-state index contributed by atoms with van der Waals surface area (Å²) in [5.74, 6) is -0.855. The van der Waals surface area contributed by atoms with Gasteiger partial charge in [-0.1, -0.05) is 59.1 Å². The number of rotatable bonds is 5. The fraction of sp³-hybridized carbons (Fsp3) is 0.231. The Balaban J connectivity index is 1.75. The van der Waals surface area contributed by atoms with Crippen molar-refractivity contribution in [3.05, 3.63) is 98.0 Å². The molecule has 0 saturated heterocycles. The Kier molecular flexibility index (Phi) is 5.89. The van der Waals surface area contributed by atoms with E-state index in [1.165, 1.54) is 4.90 Å². The summed E-state index contributed by atoms with van der Waals surface area (Å²) < 4.78 is 0. The van der Waals surface area contributed by atoms with Crippen molar-refractivity contribution in [2.75, 3.05) is 4.90 Å². The van der Waals surface area contributed by atoms with Crippen molar-refractivity contribution < 1.29 is 14.7 Å². The average molecular weight is 468 g/mol. The monoisotopic (exact) mass is 467 g/mol. The molecule has 32 heavy (non-hydrogen) atoms. The second-order valence-corrected chi connectivity index (χ2v) is 9.22. The molecule has 1 heterocycles. The van der Waals surface area contributed by atoms with Gasteiger partial charge in [0.15, 0.2) is 11.4 Å². The first kappa shape index (κ1) is 22.5. The third-order valence-corrected chi connectivity index (χ3v) is 6.56. The zero-order valence-electron chi connectivity index (χ0n) is 18.1. The number of hydrogen-bond acceptors (Lipinski definition) is 3. The van der Waals surface area contributed by atoms with Crippen LogP contribution in [0.2, 0.25) is 10.0 Å². The lowest BCUT2D eigenvalue weighted by atomic mass is 9.85. The number of hydrogen-bond donors (Lipinski definition) is 1. The number of carbonyl (C=O) groups is 2. The van der Waals surface area contributed by atoms with Gasteiger partial charge in [0.1, 0.15) is 0 Å². The van der Waals surface area contributed by atoms with Gasteiger partial charge in [-0.25, -0.2) is 0 Å². The number of Topliss-reactive ketones (excluding diaryl/α,β-unsaturated/α-hetero) is 1. The van der Waals surface area contributed by atoms with Gasteiger partial charge in [-0.2, -0.15) is 0 Å². The largest absolute Gasteiger partial charge is 0.375 e. The number of anilines is 1. The van der Waals surface area contributed by atoms with E-state index >= 15 is 0 Å². The molecule has 1 atom stereocenters. The lowest BCUT2D eigenvalue weighted by Crippen LogP contribution is -2.41. The molecule has 3 aromatic carbocycles. The number of aryl methyl sites for hydroxylation is 3. The Labute approximate surface area is 197 Å². The van der Waals surface area contributed by atoms with Crippen molar-refractivity contribution in [1.29, 1.82) is 0 Å². The van der Waals surface area contributed by atoms with Crippen LogP contribution in [0.3, 0.4) is 0 Å². The quantitative estimate of drug-likeness (QED) is 0.473. The van der Waals surface area contributed by atoms with Crippen molar-refractivity contribution in [1.82, 2.24) is 0 Å². The van der Waals surface area contributed by atoms with Gasteiger partial charge in [-0.05, 0) is 61.7 Å². The highest BCUT2D eigenvalue weighted by atomic mass is 35.5. The van der Waals surface area contributed by atoms with Gasteiger partial charge >= 0.3 is 0 Å². The Morgan fingerprint density at radius 3 is 2.31 bits per heavy atom. The summed E-state index contributed by atoms with van der Waals surface area (Å²) in [7, 11) is 0. The summed E-state index contributed by atoms with van der Waals surface area (Å²) in [4.78, 5) is 28.3. The molecule has 0 aromatic heterocycles. The van der Waals surface area contributed by atoms with Crippen LogP contribution >= 0.6 is 23.2 Å². The smallest absolute Gasteiger partial charge is 0.264 e. The third kappa shape index (κ3) is 3.83. The molecule has 1 N–H and O–H groups in total. The molecule has 3 aromatic rings. The molecule has 1 aliphatic heterocycles. The van der Waals surface area contributed by atoms with Crippen LogP contribution in [0.25, 0.3) is 0 Å². The van der Waals surface area contributed by atoms with E-state index in [2.05, 4.69) is 0 Å². The van der Waals surface area contributed by atoms with Crippen molar-refractivity contribution in [3.63, 3.8) is 0 Å². The average Bonchev–Trinajstić information content (AvgIpc) is 2.90. The maximum absolute atomic E-state index is 13.5. The minimum atomic E-state index is -2.01. The fourth-order valence-corrected chi connectivity index (χ4v) is 4.96.